The van der Waals surface area contributed by atoms with E-state index in [-0.39, 0.29) is 17.2 Å². The number of piperazine rings is 2. The highest BCUT2D eigenvalue weighted by molar-refractivity contribution is 7.99. The molecule has 0 atom stereocenters. The minimum Gasteiger partial charge on any atom is -0.353 e. The van der Waals surface area contributed by atoms with Gasteiger partial charge in [0.25, 0.3) is 0 Å². The van der Waals surface area contributed by atoms with E-state index < -0.39 is 0 Å². The monoisotopic (exact) mass is 468 g/mol. The predicted octanol–water partition coefficient (Wildman–Crippen LogP) is 2.08. The molecule has 0 N–H and O–H groups in total. The third-order valence-corrected chi connectivity index (χ3v) is 6.72. The molecule has 2 fully saturated rings. The maximum absolute atomic E-state index is 12.6. The van der Waals surface area contributed by atoms with E-state index in [9.17, 15) is 9.59 Å². The highest BCUT2D eigenvalue weighted by Gasteiger charge is 2.30. The maximum Gasteiger partial charge on any atom is 0.233 e. The Labute approximate surface area is 194 Å². The molecule has 10 heteroatoms. The van der Waals surface area contributed by atoms with Crippen LogP contribution in [-0.2, 0) is 9.59 Å². The minimum atomic E-state index is -0.375. The van der Waals surface area contributed by atoms with E-state index in [1.165, 1.54) is 11.8 Å². The first-order chi connectivity index (χ1) is 14.7. The molecule has 0 spiro atoms. The molecule has 3 heterocycles. The molecule has 3 rings (SSSR count). The van der Waals surface area contributed by atoms with Crippen molar-refractivity contribution < 1.29 is 9.59 Å². The van der Waals surface area contributed by atoms with Crippen LogP contribution in [0.3, 0.4) is 0 Å². The summed E-state index contributed by atoms with van der Waals surface area (Å²) in [5.74, 6) is 1.33. The van der Waals surface area contributed by atoms with Gasteiger partial charge in [0.2, 0.25) is 11.8 Å². The van der Waals surface area contributed by atoms with Crippen molar-refractivity contribution >= 4 is 41.0 Å². The van der Waals surface area contributed by atoms with Gasteiger partial charge in [-0.05, 0) is 6.54 Å². The third kappa shape index (κ3) is 6.46. The molecule has 0 radical (unpaired) electrons. The number of carbonyl (C=O) groups excluding carboxylic acids is 2. The summed E-state index contributed by atoms with van der Waals surface area (Å²) in [5, 5.41) is 0.876. The zero-order chi connectivity index (χ0) is 22.6. The standard InChI is InChI=1S/C21H33ClN6O2S/c1-5-25-6-8-27(9-7-25)18(29)15-31-20-23-16(22)14-17(24-20)26-10-12-28(13-11-26)19(30)21(2,3)4/h14H,5-13,15H2,1-4H3. The molecule has 2 saturated heterocycles. The summed E-state index contributed by atoms with van der Waals surface area (Å²) in [6.07, 6.45) is 0. The second-order valence-corrected chi connectivity index (χ2v) is 10.3. The lowest BCUT2D eigenvalue weighted by Gasteiger charge is -2.38. The Bertz CT molecular complexity index is 787. The van der Waals surface area contributed by atoms with E-state index in [4.69, 9.17) is 11.6 Å². The Balaban J connectivity index is 1.55. The summed E-state index contributed by atoms with van der Waals surface area (Å²) < 4.78 is 0. The number of anilines is 1. The Hall–Kier alpha value is -1.58. The molecule has 2 aliphatic rings. The Morgan fingerprint density at radius 1 is 1.00 bits per heavy atom. The van der Waals surface area contributed by atoms with Crippen molar-refractivity contribution in [1.29, 1.82) is 0 Å². The second kappa shape index (κ2) is 10.4. The molecule has 31 heavy (non-hydrogen) atoms. The van der Waals surface area contributed by atoms with Crippen molar-refractivity contribution in [3.05, 3.63) is 11.2 Å². The van der Waals surface area contributed by atoms with Crippen LogP contribution in [0.5, 0.6) is 0 Å². The first kappa shape index (κ1) is 24.1. The molecular weight excluding hydrogens is 436 g/mol. The van der Waals surface area contributed by atoms with Gasteiger partial charge in [-0.3, -0.25) is 9.59 Å². The van der Waals surface area contributed by atoms with Gasteiger partial charge in [0.15, 0.2) is 5.16 Å². The van der Waals surface area contributed by atoms with E-state index in [2.05, 4.69) is 26.7 Å². The molecule has 1 aromatic heterocycles. The minimum absolute atomic E-state index is 0.111. The van der Waals surface area contributed by atoms with Crippen LogP contribution in [0.2, 0.25) is 5.15 Å². The van der Waals surface area contributed by atoms with Gasteiger partial charge in [0.1, 0.15) is 11.0 Å². The Morgan fingerprint density at radius 3 is 2.19 bits per heavy atom. The molecule has 0 aliphatic carbocycles. The zero-order valence-corrected chi connectivity index (χ0v) is 20.5. The lowest BCUT2D eigenvalue weighted by molar-refractivity contribution is -0.139. The highest BCUT2D eigenvalue weighted by Crippen LogP contribution is 2.24. The van der Waals surface area contributed by atoms with Gasteiger partial charge in [0, 0.05) is 63.8 Å². The van der Waals surface area contributed by atoms with E-state index in [1.54, 1.807) is 6.07 Å². The molecule has 2 amide bonds. The van der Waals surface area contributed by atoms with E-state index in [1.807, 2.05) is 30.6 Å². The van der Waals surface area contributed by atoms with Gasteiger partial charge < -0.3 is 19.6 Å². The SMILES string of the molecule is CCN1CCN(C(=O)CSc2nc(Cl)cc(N3CCN(C(=O)C(C)(C)C)CC3)n2)CC1. The molecule has 0 unspecified atom stereocenters. The fraction of sp³-hybridized carbons (Fsp3) is 0.714. The van der Waals surface area contributed by atoms with Crippen molar-refractivity contribution in [2.75, 3.05) is 69.6 Å². The zero-order valence-electron chi connectivity index (χ0n) is 18.9. The molecular formula is C21H33ClN6O2S. The van der Waals surface area contributed by atoms with Gasteiger partial charge >= 0.3 is 0 Å². The van der Waals surface area contributed by atoms with Crippen molar-refractivity contribution in [3.63, 3.8) is 0 Å². The normalized spacial score (nSPS) is 18.4. The number of likely N-dealkylation sites (N-methyl/N-ethyl adjacent to an activating group) is 1. The molecule has 172 valence electrons. The van der Waals surface area contributed by atoms with Crippen molar-refractivity contribution in [2.45, 2.75) is 32.9 Å². The van der Waals surface area contributed by atoms with Gasteiger partial charge in [-0.15, -0.1) is 0 Å². The van der Waals surface area contributed by atoms with Crippen LogP contribution in [0.1, 0.15) is 27.7 Å². The summed E-state index contributed by atoms with van der Waals surface area (Å²) in [5.41, 5.74) is -0.375. The summed E-state index contributed by atoms with van der Waals surface area (Å²) in [6, 6.07) is 1.75. The number of hydrogen-bond acceptors (Lipinski definition) is 7. The quantitative estimate of drug-likeness (QED) is 0.372. The van der Waals surface area contributed by atoms with Gasteiger partial charge in [-0.25, -0.2) is 9.97 Å². The van der Waals surface area contributed by atoms with E-state index in [0.717, 1.165) is 38.5 Å². The predicted molar refractivity (Wildman–Crippen MR) is 125 cm³/mol. The molecule has 0 saturated carbocycles. The third-order valence-electron chi connectivity index (χ3n) is 5.69. The Morgan fingerprint density at radius 2 is 1.61 bits per heavy atom. The van der Waals surface area contributed by atoms with Crippen LogP contribution < -0.4 is 4.90 Å². The van der Waals surface area contributed by atoms with Crippen LogP contribution in [0.25, 0.3) is 0 Å². The summed E-state index contributed by atoms with van der Waals surface area (Å²) in [6.45, 7) is 15.1. The maximum atomic E-state index is 12.6. The highest BCUT2D eigenvalue weighted by atomic mass is 35.5. The smallest absolute Gasteiger partial charge is 0.233 e. The largest absolute Gasteiger partial charge is 0.353 e. The number of amides is 2. The number of thioether (sulfide) groups is 1. The number of carbonyl (C=O) groups is 2. The number of hydrogen-bond donors (Lipinski definition) is 0. The van der Waals surface area contributed by atoms with Crippen LogP contribution in [0.4, 0.5) is 5.82 Å². The average Bonchev–Trinajstić information content (AvgIpc) is 2.76. The first-order valence-electron chi connectivity index (χ1n) is 10.9. The Kier molecular flexibility index (Phi) is 8.04. The van der Waals surface area contributed by atoms with Crippen LogP contribution in [0, 0.1) is 5.41 Å². The summed E-state index contributed by atoms with van der Waals surface area (Å²) in [4.78, 5) is 42.3. The summed E-state index contributed by atoms with van der Waals surface area (Å²) >= 11 is 7.57. The van der Waals surface area contributed by atoms with E-state index >= 15 is 0 Å². The molecule has 2 aliphatic heterocycles. The number of nitrogens with zero attached hydrogens (tertiary/aromatic N) is 6. The topological polar surface area (TPSA) is 72.9 Å². The fourth-order valence-corrected chi connectivity index (χ4v) is 4.74. The van der Waals surface area contributed by atoms with Crippen LogP contribution in [0.15, 0.2) is 11.2 Å². The van der Waals surface area contributed by atoms with Gasteiger partial charge in [-0.2, -0.15) is 0 Å². The average molecular weight is 469 g/mol. The number of aromatic nitrogens is 2. The van der Waals surface area contributed by atoms with Crippen molar-refractivity contribution in [3.8, 4) is 0 Å². The fourth-order valence-electron chi connectivity index (χ4n) is 3.76. The van der Waals surface area contributed by atoms with E-state index in [0.29, 0.717) is 42.2 Å². The summed E-state index contributed by atoms with van der Waals surface area (Å²) in [7, 11) is 0. The molecule has 8 nitrogen and oxygen atoms in total. The number of halogens is 1. The van der Waals surface area contributed by atoms with Crippen molar-refractivity contribution in [1.82, 2.24) is 24.7 Å². The van der Waals surface area contributed by atoms with Crippen LogP contribution in [-0.4, -0.2) is 101 Å². The lowest BCUT2D eigenvalue weighted by Crippen LogP contribution is -2.51. The number of rotatable bonds is 5. The first-order valence-corrected chi connectivity index (χ1v) is 12.3. The lowest BCUT2D eigenvalue weighted by atomic mass is 9.94. The van der Waals surface area contributed by atoms with Crippen molar-refractivity contribution in [2.24, 2.45) is 5.41 Å². The van der Waals surface area contributed by atoms with Gasteiger partial charge in [0.05, 0.1) is 5.75 Å². The van der Waals surface area contributed by atoms with Crippen LogP contribution >= 0.6 is 23.4 Å². The molecule has 0 bridgehead atoms. The van der Waals surface area contributed by atoms with Gasteiger partial charge in [-0.1, -0.05) is 51.1 Å². The second-order valence-electron chi connectivity index (χ2n) is 8.96. The molecule has 0 aromatic carbocycles. The molecule has 1 aromatic rings.